The molecular weight excluding hydrogens is 408 g/mol. The van der Waals surface area contributed by atoms with Gasteiger partial charge in [0.15, 0.2) is 17.3 Å². The average Bonchev–Trinajstić information content (AvgIpc) is 3.16. The van der Waals surface area contributed by atoms with E-state index in [-0.39, 0.29) is 17.3 Å². The molecule has 30 heavy (non-hydrogen) atoms. The minimum atomic E-state index is -0.00412. The molecule has 0 aliphatic carbocycles. The van der Waals surface area contributed by atoms with Gasteiger partial charge in [-0.1, -0.05) is 11.6 Å². The highest BCUT2D eigenvalue weighted by Gasteiger charge is 2.10. The second-order valence-electron chi connectivity index (χ2n) is 6.46. The maximum absolute atomic E-state index is 6.22. The van der Waals surface area contributed by atoms with Crippen LogP contribution in [0, 0.1) is 13.8 Å². The molecule has 1 aromatic heterocycles. The van der Waals surface area contributed by atoms with Crippen molar-refractivity contribution in [3.05, 3.63) is 63.3 Å². The molecule has 3 aromatic rings. The highest BCUT2D eigenvalue weighted by Crippen LogP contribution is 2.27. The van der Waals surface area contributed by atoms with Crippen molar-refractivity contribution in [3.63, 3.8) is 0 Å². The molecule has 3 rings (SSSR count). The normalized spacial score (nSPS) is 11.8. The molecule has 0 bridgehead atoms. The van der Waals surface area contributed by atoms with E-state index < -0.39 is 0 Å². The fraction of sp³-hybridized carbons (Fsp3) is 0.200. The first-order valence-corrected chi connectivity index (χ1v) is 9.28. The molecule has 156 valence electrons. The summed E-state index contributed by atoms with van der Waals surface area (Å²) >= 11 is 6.22. The lowest BCUT2D eigenvalue weighted by molar-refractivity contribution is 0.296. The Labute approximate surface area is 178 Å². The number of nitrogens with zero attached hydrogens (tertiary/aromatic N) is 4. The zero-order valence-corrected chi connectivity index (χ0v) is 17.5. The first kappa shape index (κ1) is 21.1. The number of hydrogen-bond donors (Lipinski definition) is 2. The Morgan fingerprint density at radius 2 is 1.93 bits per heavy atom. The summed E-state index contributed by atoms with van der Waals surface area (Å²) < 4.78 is 15.9. The minimum absolute atomic E-state index is 0.00412. The van der Waals surface area contributed by atoms with Crippen LogP contribution in [0.15, 0.2) is 45.2 Å². The van der Waals surface area contributed by atoms with Crippen molar-refractivity contribution >= 4 is 29.5 Å². The number of halogens is 1. The molecule has 0 atom stereocenters. The molecule has 0 amide bonds. The van der Waals surface area contributed by atoms with Crippen LogP contribution in [-0.4, -0.2) is 29.5 Å². The number of rotatable bonds is 7. The lowest BCUT2D eigenvalue weighted by Crippen LogP contribution is -2.15. The van der Waals surface area contributed by atoms with Gasteiger partial charge in [0.2, 0.25) is 0 Å². The molecule has 4 N–H and O–H groups in total. The Hall–Kier alpha value is -3.59. The Balaban J connectivity index is 1.76. The van der Waals surface area contributed by atoms with Crippen molar-refractivity contribution < 1.29 is 14.1 Å². The Morgan fingerprint density at radius 1 is 1.20 bits per heavy atom. The van der Waals surface area contributed by atoms with E-state index in [1.807, 2.05) is 44.2 Å². The molecule has 2 aromatic carbocycles. The summed E-state index contributed by atoms with van der Waals surface area (Å²) in [5.74, 6) is 1.46. The average molecular weight is 429 g/mol. The van der Waals surface area contributed by atoms with Crippen molar-refractivity contribution in [1.29, 1.82) is 0 Å². The van der Waals surface area contributed by atoms with Crippen LogP contribution < -0.4 is 20.9 Å². The molecule has 0 spiro atoms. The van der Waals surface area contributed by atoms with Crippen LogP contribution in [0.25, 0.3) is 0 Å². The molecule has 1 heterocycles. The molecule has 0 aliphatic heterocycles. The third-order valence-electron chi connectivity index (χ3n) is 4.24. The fourth-order valence-electron chi connectivity index (χ4n) is 2.72. The Bertz CT molecular complexity index is 1090. The Kier molecular flexibility index (Phi) is 6.53. The summed E-state index contributed by atoms with van der Waals surface area (Å²) in [5.41, 5.74) is 15.0. The van der Waals surface area contributed by atoms with Gasteiger partial charge in [-0.15, -0.1) is 5.10 Å². The van der Waals surface area contributed by atoms with Gasteiger partial charge in [-0.25, -0.2) is 4.63 Å². The molecule has 0 radical (unpaired) electrons. The van der Waals surface area contributed by atoms with Gasteiger partial charge in [0.25, 0.3) is 0 Å². The number of nitrogen functional groups attached to an aromatic ring is 1. The fourth-order valence-corrected chi connectivity index (χ4v) is 2.83. The van der Waals surface area contributed by atoms with Crippen LogP contribution in [0.3, 0.4) is 0 Å². The standard InChI is InChI=1S/C20H21ClN6O3/c1-11-6-15(7-12(2)17(11)21)29-10-14-8-13(4-5-16(14)28-3)9-24-25-19(22)18-20(23)27-30-26-18/h4-9H,10H2,1-3H3,(H2,22,25)(H2,23,27)/b24-9+. The van der Waals surface area contributed by atoms with E-state index in [2.05, 4.69) is 25.1 Å². The van der Waals surface area contributed by atoms with Crippen molar-refractivity contribution in [2.45, 2.75) is 20.5 Å². The minimum Gasteiger partial charge on any atom is -0.496 e. The van der Waals surface area contributed by atoms with Gasteiger partial charge in [-0.05, 0) is 71.2 Å². The summed E-state index contributed by atoms with van der Waals surface area (Å²) in [5, 5.41) is 15.6. The van der Waals surface area contributed by atoms with Gasteiger partial charge >= 0.3 is 0 Å². The largest absolute Gasteiger partial charge is 0.496 e. The molecule has 0 unspecified atom stereocenters. The Morgan fingerprint density at radius 3 is 2.57 bits per heavy atom. The van der Waals surface area contributed by atoms with Crippen molar-refractivity contribution in [1.82, 2.24) is 10.3 Å². The second-order valence-corrected chi connectivity index (χ2v) is 6.84. The summed E-state index contributed by atoms with van der Waals surface area (Å²) in [6.07, 6.45) is 1.54. The first-order chi connectivity index (χ1) is 14.4. The van der Waals surface area contributed by atoms with Gasteiger partial charge < -0.3 is 20.9 Å². The molecular formula is C20H21ClN6O3. The maximum atomic E-state index is 6.22. The number of amidine groups is 1. The van der Waals surface area contributed by atoms with Gasteiger partial charge in [0, 0.05) is 10.6 Å². The number of hydrogen-bond acceptors (Lipinski definition) is 8. The molecule has 0 aliphatic rings. The summed E-state index contributed by atoms with van der Waals surface area (Å²) in [6, 6.07) is 9.34. The van der Waals surface area contributed by atoms with E-state index in [4.69, 9.17) is 32.5 Å². The van der Waals surface area contributed by atoms with Gasteiger partial charge in [0.1, 0.15) is 18.1 Å². The number of methoxy groups -OCH3 is 1. The number of benzene rings is 2. The predicted octanol–water partition coefficient (Wildman–Crippen LogP) is 3.25. The van der Waals surface area contributed by atoms with Crippen LogP contribution in [0.5, 0.6) is 11.5 Å². The SMILES string of the molecule is COc1ccc(/C=N/N=C(\N)c2nonc2N)cc1COc1cc(C)c(Cl)c(C)c1. The van der Waals surface area contributed by atoms with Crippen molar-refractivity contribution in [3.8, 4) is 11.5 Å². The summed E-state index contributed by atoms with van der Waals surface area (Å²) in [7, 11) is 1.60. The summed E-state index contributed by atoms with van der Waals surface area (Å²) in [6.45, 7) is 4.18. The van der Waals surface area contributed by atoms with Crippen molar-refractivity contribution in [2.75, 3.05) is 12.8 Å². The van der Waals surface area contributed by atoms with Crippen LogP contribution in [0.1, 0.15) is 27.9 Å². The summed E-state index contributed by atoms with van der Waals surface area (Å²) in [4.78, 5) is 0. The number of anilines is 1. The molecule has 0 saturated carbocycles. The van der Waals surface area contributed by atoms with Crippen LogP contribution >= 0.6 is 11.6 Å². The lowest BCUT2D eigenvalue weighted by Gasteiger charge is -2.13. The topological polar surface area (TPSA) is 134 Å². The monoisotopic (exact) mass is 428 g/mol. The van der Waals surface area contributed by atoms with Crippen molar-refractivity contribution in [2.24, 2.45) is 15.9 Å². The number of aromatic nitrogens is 2. The van der Waals surface area contributed by atoms with E-state index in [0.717, 1.165) is 33.0 Å². The van der Waals surface area contributed by atoms with Gasteiger partial charge in [-0.2, -0.15) is 5.10 Å². The molecule has 10 heteroatoms. The third kappa shape index (κ3) is 4.87. The van der Waals surface area contributed by atoms with Crippen LogP contribution in [0.4, 0.5) is 5.82 Å². The highest BCUT2D eigenvalue weighted by atomic mass is 35.5. The zero-order valence-electron chi connectivity index (χ0n) is 16.7. The zero-order chi connectivity index (χ0) is 21.7. The maximum Gasteiger partial charge on any atom is 0.199 e. The van der Waals surface area contributed by atoms with Gasteiger partial charge in [-0.3, -0.25) is 0 Å². The number of ether oxygens (including phenoxy) is 2. The van der Waals surface area contributed by atoms with Gasteiger partial charge in [0.05, 0.1) is 13.3 Å². The quantitative estimate of drug-likeness (QED) is 0.335. The van der Waals surface area contributed by atoms with Crippen LogP contribution in [0.2, 0.25) is 5.02 Å². The van der Waals surface area contributed by atoms with E-state index >= 15 is 0 Å². The van der Waals surface area contributed by atoms with E-state index in [1.54, 1.807) is 7.11 Å². The first-order valence-electron chi connectivity index (χ1n) is 8.90. The molecule has 0 saturated heterocycles. The third-order valence-corrected chi connectivity index (χ3v) is 4.83. The van der Waals surface area contributed by atoms with E-state index in [0.29, 0.717) is 12.4 Å². The molecule has 0 fully saturated rings. The second kappa shape index (κ2) is 9.27. The van der Waals surface area contributed by atoms with E-state index in [1.165, 1.54) is 6.21 Å². The molecule has 9 nitrogen and oxygen atoms in total. The number of aryl methyl sites for hydroxylation is 2. The predicted molar refractivity (Wildman–Crippen MR) is 115 cm³/mol. The smallest absolute Gasteiger partial charge is 0.199 e. The van der Waals surface area contributed by atoms with Crippen LogP contribution in [-0.2, 0) is 6.61 Å². The van der Waals surface area contributed by atoms with E-state index in [9.17, 15) is 0 Å². The highest BCUT2D eigenvalue weighted by molar-refractivity contribution is 6.32. The lowest BCUT2D eigenvalue weighted by atomic mass is 10.1. The number of nitrogens with two attached hydrogens (primary N) is 2.